The van der Waals surface area contributed by atoms with Crippen LogP contribution in [0.2, 0.25) is 0 Å². The minimum Gasteiger partial charge on any atom is -0.466 e. The SMILES string of the molecule is CCOC(=O)C[C@](O)(c1ccccc1)[C@@H](OC)c1ccccc1. The van der Waals surface area contributed by atoms with Crippen LogP contribution in [0.1, 0.15) is 30.6 Å². The van der Waals surface area contributed by atoms with Crippen molar-refractivity contribution in [3.63, 3.8) is 0 Å². The zero-order valence-corrected chi connectivity index (χ0v) is 13.4. The molecule has 2 aromatic carbocycles. The summed E-state index contributed by atoms with van der Waals surface area (Å²) in [6, 6.07) is 18.4. The fourth-order valence-corrected chi connectivity index (χ4v) is 2.74. The van der Waals surface area contributed by atoms with Gasteiger partial charge < -0.3 is 14.6 Å². The highest BCUT2D eigenvalue weighted by atomic mass is 16.5. The van der Waals surface area contributed by atoms with Crippen LogP contribution >= 0.6 is 0 Å². The Morgan fingerprint density at radius 2 is 1.65 bits per heavy atom. The zero-order valence-electron chi connectivity index (χ0n) is 13.4. The molecule has 0 aliphatic carbocycles. The molecule has 0 spiro atoms. The highest BCUT2D eigenvalue weighted by Crippen LogP contribution is 2.40. The lowest BCUT2D eigenvalue weighted by Gasteiger charge is -2.35. The monoisotopic (exact) mass is 314 g/mol. The fourth-order valence-electron chi connectivity index (χ4n) is 2.74. The van der Waals surface area contributed by atoms with Crippen molar-refractivity contribution in [3.8, 4) is 0 Å². The van der Waals surface area contributed by atoms with Gasteiger partial charge in [0, 0.05) is 7.11 Å². The molecule has 0 radical (unpaired) electrons. The van der Waals surface area contributed by atoms with Crippen molar-refractivity contribution in [1.82, 2.24) is 0 Å². The van der Waals surface area contributed by atoms with Crippen molar-refractivity contribution in [2.75, 3.05) is 13.7 Å². The topological polar surface area (TPSA) is 55.8 Å². The molecule has 2 aromatic rings. The summed E-state index contributed by atoms with van der Waals surface area (Å²) >= 11 is 0. The Hall–Kier alpha value is -2.17. The molecule has 0 saturated carbocycles. The number of esters is 1. The van der Waals surface area contributed by atoms with Gasteiger partial charge in [-0.2, -0.15) is 0 Å². The Kier molecular flexibility index (Phi) is 5.90. The Labute approximate surface area is 136 Å². The number of carbonyl (C=O) groups is 1. The largest absolute Gasteiger partial charge is 0.466 e. The van der Waals surface area contributed by atoms with Gasteiger partial charge in [-0.1, -0.05) is 60.7 Å². The number of hydrogen-bond acceptors (Lipinski definition) is 4. The molecule has 122 valence electrons. The Bertz CT molecular complexity index is 612. The molecular formula is C19H22O4. The van der Waals surface area contributed by atoms with Crippen molar-refractivity contribution in [1.29, 1.82) is 0 Å². The summed E-state index contributed by atoms with van der Waals surface area (Å²) in [4.78, 5) is 12.0. The van der Waals surface area contributed by atoms with E-state index in [-0.39, 0.29) is 13.0 Å². The predicted molar refractivity (Wildman–Crippen MR) is 87.8 cm³/mol. The first-order valence-electron chi connectivity index (χ1n) is 7.63. The van der Waals surface area contributed by atoms with Crippen molar-refractivity contribution < 1.29 is 19.4 Å². The molecule has 1 N–H and O–H groups in total. The minimum absolute atomic E-state index is 0.182. The number of carbonyl (C=O) groups excluding carboxylic acids is 1. The summed E-state index contributed by atoms with van der Waals surface area (Å²) < 4.78 is 10.6. The van der Waals surface area contributed by atoms with E-state index in [2.05, 4.69) is 0 Å². The van der Waals surface area contributed by atoms with Gasteiger partial charge in [0.15, 0.2) is 0 Å². The average Bonchev–Trinajstić information content (AvgIpc) is 2.57. The fraction of sp³-hybridized carbons (Fsp3) is 0.316. The van der Waals surface area contributed by atoms with E-state index in [0.717, 1.165) is 5.56 Å². The molecule has 2 atom stereocenters. The molecule has 0 aliphatic heterocycles. The Morgan fingerprint density at radius 3 is 2.17 bits per heavy atom. The van der Waals surface area contributed by atoms with E-state index >= 15 is 0 Å². The third-order valence-corrected chi connectivity index (χ3v) is 3.76. The first-order chi connectivity index (χ1) is 11.1. The van der Waals surface area contributed by atoms with E-state index in [0.29, 0.717) is 5.56 Å². The molecule has 23 heavy (non-hydrogen) atoms. The number of ether oxygens (including phenoxy) is 2. The lowest BCUT2D eigenvalue weighted by atomic mass is 9.81. The van der Waals surface area contributed by atoms with Crippen LogP contribution in [0.25, 0.3) is 0 Å². The van der Waals surface area contributed by atoms with Crippen LogP contribution in [0.4, 0.5) is 0 Å². The van der Waals surface area contributed by atoms with Gasteiger partial charge >= 0.3 is 5.97 Å². The van der Waals surface area contributed by atoms with Crippen LogP contribution in [0.3, 0.4) is 0 Å². The van der Waals surface area contributed by atoms with Crippen molar-refractivity contribution in [3.05, 3.63) is 71.8 Å². The summed E-state index contributed by atoms with van der Waals surface area (Å²) in [5.74, 6) is -0.461. The molecular weight excluding hydrogens is 292 g/mol. The Morgan fingerprint density at radius 1 is 1.09 bits per heavy atom. The van der Waals surface area contributed by atoms with Crippen LogP contribution in [0.15, 0.2) is 60.7 Å². The molecule has 0 unspecified atom stereocenters. The van der Waals surface area contributed by atoms with Crippen LogP contribution in [-0.4, -0.2) is 24.8 Å². The van der Waals surface area contributed by atoms with Gasteiger partial charge in [0.2, 0.25) is 0 Å². The van der Waals surface area contributed by atoms with E-state index in [4.69, 9.17) is 9.47 Å². The highest BCUT2D eigenvalue weighted by Gasteiger charge is 2.42. The van der Waals surface area contributed by atoms with Gasteiger partial charge in [-0.25, -0.2) is 0 Å². The predicted octanol–water partition coefficient (Wildman–Crippen LogP) is 3.22. The quantitative estimate of drug-likeness (QED) is 0.797. The summed E-state index contributed by atoms with van der Waals surface area (Å²) in [5.41, 5.74) is -0.0988. The minimum atomic E-state index is -1.51. The molecule has 4 heteroatoms. The Balaban J connectivity index is 2.45. The van der Waals surface area contributed by atoms with E-state index < -0.39 is 17.7 Å². The van der Waals surface area contributed by atoms with Gasteiger partial charge in [-0.05, 0) is 18.1 Å². The first-order valence-corrected chi connectivity index (χ1v) is 7.63. The molecule has 0 fully saturated rings. The number of benzene rings is 2. The highest BCUT2D eigenvalue weighted by molar-refractivity contribution is 5.71. The maximum absolute atomic E-state index is 12.0. The normalized spacial score (nSPS) is 14.7. The molecule has 4 nitrogen and oxygen atoms in total. The second-order valence-electron chi connectivity index (χ2n) is 5.30. The van der Waals surface area contributed by atoms with Crippen molar-refractivity contribution >= 4 is 5.97 Å². The average molecular weight is 314 g/mol. The molecule has 0 saturated heterocycles. The zero-order chi connectivity index (χ0) is 16.7. The van der Waals surface area contributed by atoms with Crippen LogP contribution in [0, 0.1) is 0 Å². The molecule has 0 aromatic heterocycles. The molecule has 2 rings (SSSR count). The summed E-state index contributed by atoms with van der Waals surface area (Å²) in [6.45, 7) is 2.01. The van der Waals surface area contributed by atoms with E-state index in [1.54, 1.807) is 19.1 Å². The third-order valence-electron chi connectivity index (χ3n) is 3.76. The number of aliphatic hydroxyl groups is 1. The van der Waals surface area contributed by atoms with Crippen LogP contribution < -0.4 is 0 Å². The van der Waals surface area contributed by atoms with Crippen molar-refractivity contribution in [2.24, 2.45) is 0 Å². The number of rotatable bonds is 7. The van der Waals surface area contributed by atoms with E-state index in [9.17, 15) is 9.90 Å². The van der Waals surface area contributed by atoms with Gasteiger partial charge in [0.1, 0.15) is 11.7 Å². The van der Waals surface area contributed by atoms with Crippen LogP contribution in [-0.2, 0) is 19.9 Å². The summed E-state index contributed by atoms with van der Waals surface area (Å²) in [5, 5.41) is 11.4. The third kappa shape index (κ3) is 3.97. The second kappa shape index (κ2) is 7.90. The molecule has 0 amide bonds. The lowest BCUT2D eigenvalue weighted by Crippen LogP contribution is -2.37. The number of methoxy groups -OCH3 is 1. The molecule has 0 heterocycles. The maximum atomic E-state index is 12.0. The number of hydrogen-bond donors (Lipinski definition) is 1. The molecule has 0 bridgehead atoms. The van der Waals surface area contributed by atoms with E-state index in [1.807, 2.05) is 48.5 Å². The standard InChI is InChI=1S/C19H22O4/c1-3-23-17(20)14-19(21,16-12-8-5-9-13-16)18(22-2)15-10-6-4-7-11-15/h4-13,18,21H,3,14H2,1-2H3/t18-,19-/m0/s1. The first kappa shape index (κ1) is 17.2. The summed E-state index contributed by atoms with van der Waals surface area (Å²) in [6.07, 6.45) is -0.867. The van der Waals surface area contributed by atoms with Crippen LogP contribution in [0.5, 0.6) is 0 Å². The van der Waals surface area contributed by atoms with Gasteiger partial charge in [0.25, 0.3) is 0 Å². The maximum Gasteiger partial charge on any atom is 0.309 e. The smallest absolute Gasteiger partial charge is 0.309 e. The summed E-state index contributed by atoms with van der Waals surface area (Å²) in [7, 11) is 1.52. The second-order valence-corrected chi connectivity index (χ2v) is 5.30. The van der Waals surface area contributed by atoms with Crippen molar-refractivity contribution in [2.45, 2.75) is 25.0 Å². The van der Waals surface area contributed by atoms with Gasteiger partial charge in [-0.3, -0.25) is 4.79 Å². The lowest BCUT2D eigenvalue weighted by molar-refractivity contribution is -0.159. The molecule has 0 aliphatic rings. The van der Waals surface area contributed by atoms with Gasteiger partial charge in [0.05, 0.1) is 13.0 Å². The van der Waals surface area contributed by atoms with Gasteiger partial charge in [-0.15, -0.1) is 0 Å². The van der Waals surface area contributed by atoms with E-state index in [1.165, 1.54) is 7.11 Å².